The van der Waals surface area contributed by atoms with Crippen LogP contribution in [-0.2, 0) is 0 Å². The van der Waals surface area contributed by atoms with Gasteiger partial charge in [0.1, 0.15) is 0 Å². The van der Waals surface area contributed by atoms with E-state index >= 15 is 0 Å². The zero-order chi connectivity index (χ0) is 12.4. The van der Waals surface area contributed by atoms with Gasteiger partial charge in [-0.3, -0.25) is 0 Å². The summed E-state index contributed by atoms with van der Waals surface area (Å²) in [6.45, 7) is 1.59. The minimum atomic E-state index is -0.693. The Morgan fingerprint density at radius 1 is 1.12 bits per heavy atom. The fourth-order valence-corrected chi connectivity index (χ4v) is 2.91. The molecule has 0 aromatic heterocycles. The number of hydrogen-bond acceptors (Lipinski definition) is 0. The summed E-state index contributed by atoms with van der Waals surface area (Å²) in [4.78, 5) is 0. The molecule has 17 heavy (non-hydrogen) atoms. The molecule has 2 rings (SSSR count). The molecule has 0 saturated heterocycles. The molecule has 0 heterocycles. The van der Waals surface area contributed by atoms with Crippen molar-refractivity contribution in [3.8, 4) is 0 Å². The van der Waals surface area contributed by atoms with E-state index in [2.05, 4.69) is 0 Å². The average molecular weight is 259 g/mol. The van der Waals surface area contributed by atoms with Crippen LogP contribution in [0.5, 0.6) is 0 Å². The largest absolute Gasteiger partial charge is 0.203 e. The summed E-state index contributed by atoms with van der Waals surface area (Å²) in [5.41, 5.74) is 0.918. The molecule has 0 aliphatic heterocycles. The smallest absolute Gasteiger partial charge is 0.162 e. The number of hydrogen-bond donors (Lipinski definition) is 0. The minimum absolute atomic E-state index is 0.157. The lowest BCUT2D eigenvalue weighted by atomic mass is 9.79. The van der Waals surface area contributed by atoms with Crippen LogP contribution in [0.15, 0.2) is 12.1 Å². The monoisotopic (exact) mass is 258 g/mol. The van der Waals surface area contributed by atoms with Gasteiger partial charge in [0.15, 0.2) is 11.6 Å². The van der Waals surface area contributed by atoms with E-state index in [1.807, 2.05) is 0 Å². The van der Waals surface area contributed by atoms with E-state index in [0.29, 0.717) is 22.9 Å². The van der Waals surface area contributed by atoms with E-state index in [9.17, 15) is 8.78 Å². The average Bonchev–Trinajstić information content (AvgIpc) is 2.36. The Bertz CT molecular complexity index is 395. The third kappa shape index (κ3) is 2.62. The highest BCUT2D eigenvalue weighted by Crippen LogP contribution is 2.37. The third-order valence-electron chi connectivity index (χ3n) is 3.81. The first-order chi connectivity index (χ1) is 8.13. The Hall–Kier alpha value is -0.630. The van der Waals surface area contributed by atoms with Crippen molar-refractivity contribution in [2.75, 3.05) is 5.88 Å². The normalized spacial score (nSPS) is 24.9. The highest BCUT2D eigenvalue weighted by molar-refractivity contribution is 6.18. The molecule has 94 valence electrons. The lowest BCUT2D eigenvalue weighted by molar-refractivity contribution is 0.342. The first-order valence-corrected chi connectivity index (χ1v) is 6.67. The van der Waals surface area contributed by atoms with E-state index in [4.69, 9.17) is 11.6 Å². The van der Waals surface area contributed by atoms with Crippen molar-refractivity contribution in [2.45, 2.75) is 38.5 Å². The zero-order valence-corrected chi connectivity index (χ0v) is 10.7. The second-order valence-electron chi connectivity index (χ2n) is 4.97. The van der Waals surface area contributed by atoms with Crippen LogP contribution in [0.1, 0.15) is 42.7 Å². The molecular formula is C14H17ClF2. The van der Waals surface area contributed by atoms with Crippen LogP contribution >= 0.6 is 11.6 Å². The summed E-state index contributed by atoms with van der Waals surface area (Å²) in [6.07, 6.45) is 3.86. The quantitative estimate of drug-likeness (QED) is 0.670. The molecule has 1 saturated carbocycles. The van der Waals surface area contributed by atoms with Crippen molar-refractivity contribution < 1.29 is 8.78 Å². The number of alkyl halides is 1. The van der Waals surface area contributed by atoms with Gasteiger partial charge < -0.3 is 0 Å². The highest BCUT2D eigenvalue weighted by atomic mass is 35.5. The van der Waals surface area contributed by atoms with E-state index in [1.165, 1.54) is 0 Å². The molecule has 3 heteroatoms. The summed E-state index contributed by atoms with van der Waals surface area (Å²) < 4.78 is 27.3. The van der Waals surface area contributed by atoms with Gasteiger partial charge >= 0.3 is 0 Å². The van der Waals surface area contributed by atoms with Crippen molar-refractivity contribution in [1.29, 1.82) is 0 Å². The molecular weight excluding hydrogens is 242 g/mol. The van der Waals surface area contributed by atoms with Crippen molar-refractivity contribution in [2.24, 2.45) is 5.92 Å². The molecule has 0 atom stereocenters. The third-order valence-corrected chi connectivity index (χ3v) is 4.25. The van der Waals surface area contributed by atoms with Crippen molar-refractivity contribution in [3.63, 3.8) is 0 Å². The number of benzene rings is 1. The van der Waals surface area contributed by atoms with E-state index in [1.54, 1.807) is 19.1 Å². The molecule has 0 amide bonds. The maximum absolute atomic E-state index is 13.8. The van der Waals surface area contributed by atoms with Crippen LogP contribution in [0.3, 0.4) is 0 Å². The number of rotatable bonds is 2. The van der Waals surface area contributed by atoms with Crippen LogP contribution in [0, 0.1) is 24.5 Å². The van der Waals surface area contributed by atoms with Gasteiger partial charge in [0.25, 0.3) is 0 Å². The molecule has 0 unspecified atom stereocenters. The van der Waals surface area contributed by atoms with E-state index in [0.717, 1.165) is 25.7 Å². The van der Waals surface area contributed by atoms with Gasteiger partial charge in [-0.25, -0.2) is 8.78 Å². The van der Waals surface area contributed by atoms with E-state index in [-0.39, 0.29) is 5.92 Å². The van der Waals surface area contributed by atoms with Gasteiger partial charge in [-0.15, -0.1) is 11.6 Å². The standard InChI is InChI=1S/C14H17ClF2/c1-9-2-7-12(14(17)13(9)16)11-5-3-10(8-15)4-6-11/h2,7,10-11H,3-6,8H2,1H3. The Labute approximate surface area is 106 Å². The molecule has 0 N–H and O–H groups in total. The van der Waals surface area contributed by atoms with Crippen LogP contribution < -0.4 is 0 Å². The van der Waals surface area contributed by atoms with Gasteiger partial charge in [0.05, 0.1) is 0 Å². The SMILES string of the molecule is Cc1ccc(C2CCC(CCl)CC2)c(F)c1F. The summed E-state index contributed by atoms with van der Waals surface area (Å²) in [5, 5.41) is 0. The molecule has 1 aliphatic carbocycles. The van der Waals surface area contributed by atoms with Crippen LogP contribution in [0.4, 0.5) is 8.78 Å². The first kappa shape index (κ1) is 12.8. The van der Waals surface area contributed by atoms with Gasteiger partial charge in [-0.2, -0.15) is 0 Å². The Morgan fingerprint density at radius 3 is 2.35 bits per heavy atom. The minimum Gasteiger partial charge on any atom is -0.203 e. The summed E-state index contributed by atoms with van der Waals surface area (Å²) in [5.74, 6) is 0.0365. The lowest BCUT2D eigenvalue weighted by Crippen LogP contribution is -2.15. The molecule has 0 spiro atoms. The summed E-state index contributed by atoms with van der Waals surface area (Å²) >= 11 is 5.82. The zero-order valence-electron chi connectivity index (χ0n) is 9.98. The van der Waals surface area contributed by atoms with Crippen molar-refractivity contribution in [1.82, 2.24) is 0 Å². The molecule has 0 bridgehead atoms. The maximum Gasteiger partial charge on any atom is 0.162 e. The number of halogens is 3. The van der Waals surface area contributed by atoms with Crippen molar-refractivity contribution >= 4 is 11.6 Å². The second-order valence-corrected chi connectivity index (χ2v) is 5.28. The van der Waals surface area contributed by atoms with Crippen LogP contribution in [0.25, 0.3) is 0 Å². The molecule has 1 fully saturated rings. The molecule has 0 radical (unpaired) electrons. The van der Waals surface area contributed by atoms with E-state index < -0.39 is 11.6 Å². The maximum atomic E-state index is 13.8. The lowest BCUT2D eigenvalue weighted by Gasteiger charge is -2.27. The predicted molar refractivity (Wildman–Crippen MR) is 66.5 cm³/mol. The number of aryl methyl sites for hydroxylation is 1. The highest BCUT2D eigenvalue weighted by Gasteiger charge is 2.25. The fourth-order valence-electron chi connectivity index (χ4n) is 2.60. The Balaban J connectivity index is 2.16. The molecule has 1 aromatic carbocycles. The van der Waals surface area contributed by atoms with Gasteiger partial charge in [0.2, 0.25) is 0 Å². The Morgan fingerprint density at radius 2 is 1.76 bits per heavy atom. The molecule has 1 aromatic rings. The van der Waals surface area contributed by atoms with Crippen LogP contribution in [-0.4, -0.2) is 5.88 Å². The van der Waals surface area contributed by atoms with Gasteiger partial charge in [-0.1, -0.05) is 12.1 Å². The van der Waals surface area contributed by atoms with Crippen LogP contribution in [0.2, 0.25) is 0 Å². The van der Waals surface area contributed by atoms with Crippen molar-refractivity contribution in [3.05, 3.63) is 34.9 Å². The molecule has 0 nitrogen and oxygen atoms in total. The Kier molecular flexibility index (Phi) is 4.03. The topological polar surface area (TPSA) is 0 Å². The second kappa shape index (κ2) is 5.34. The predicted octanol–water partition coefficient (Wildman–Crippen LogP) is 4.79. The van der Waals surface area contributed by atoms with Gasteiger partial charge in [0, 0.05) is 5.88 Å². The summed E-state index contributed by atoms with van der Waals surface area (Å²) in [7, 11) is 0. The molecule has 1 aliphatic rings. The fraction of sp³-hybridized carbons (Fsp3) is 0.571. The first-order valence-electron chi connectivity index (χ1n) is 6.14. The van der Waals surface area contributed by atoms with Gasteiger partial charge in [-0.05, 0) is 55.6 Å². The summed E-state index contributed by atoms with van der Waals surface area (Å²) in [6, 6.07) is 3.40.